The highest BCUT2D eigenvalue weighted by atomic mass is 16.4. The van der Waals surface area contributed by atoms with Gasteiger partial charge in [0.2, 0.25) is 0 Å². The molecule has 0 aromatic carbocycles. The van der Waals surface area contributed by atoms with Gasteiger partial charge in [-0.05, 0) is 36.4 Å². The van der Waals surface area contributed by atoms with Gasteiger partial charge < -0.3 is 15.3 Å². The number of hydrogen-bond acceptors (Lipinski definition) is 6. The van der Waals surface area contributed by atoms with E-state index in [1.165, 1.54) is 36.8 Å². The van der Waals surface area contributed by atoms with Crippen molar-refractivity contribution in [2.75, 3.05) is 0 Å². The minimum absolute atomic E-state index is 0.0810. The summed E-state index contributed by atoms with van der Waals surface area (Å²) in [5, 5.41) is 25.0. The van der Waals surface area contributed by atoms with Crippen molar-refractivity contribution in [2.45, 2.75) is 0 Å². The molecule has 0 aliphatic rings. The summed E-state index contributed by atoms with van der Waals surface area (Å²) in [5.41, 5.74) is 0.243. The molecule has 0 spiro atoms. The molecule has 27 heavy (non-hydrogen) atoms. The number of nitrogens with zero attached hydrogens (tertiary/aromatic N) is 3. The molecule has 0 saturated carbocycles. The second-order valence-corrected chi connectivity index (χ2v) is 4.56. The molecule has 3 N–H and O–H groups in total. The van der Waals surface area contributed by atoms with E-state index in [1.807, 2.05) is 0 Å². The fraction of sp³-hybridized carbons (Fsp3) is 0. The number of hydrogen-bond donors (Lipinski definition) is 3. The Morgan fingerprint density at radius 3 is 0.889 bits per heavy atom. The van der Waals surface area contributed by atoms with Gasteiger partial charge >= 0.3 is 17.9 Å². The maximum Gasteiger partial charge on any atom is 0.354 e. The van der Waals surface area contributed by atoms with Gasteiger partial charge in [-0.15, -0.1) is 0 Å². The summed E-state index contributed by atoms with van der Waals surface area (Å²) in [6.07, 6.45) is 4.34. The number of aromatic carboxylic acids is 3. The van der Waals surface area contributed by atoms with Crippen LogP contribution >= 0.6 is 0 Å². The molecule has 0 saturated heterocycles. The molecule has 0 aliphatic carbocycles. The van der Waals surface area contributed by atoms with Gasteiger partial charge in [0.15, 0.2) is 0 Å². The topological polar surface area (TPSA) is 151 Å². The van der Waals surface area contributed by atoms with Crippen LogP contribution in [0.25, 0.3) is 0 Å². The summed E-state index contributed by atoms with van der Waals surface area (Å²) in [6, 6.07) is 14.3. The normalized spacial score (nSPS) is 8.89. The molecule has 0 radical (unpaired) electrons. The van der Waals surface area contributed by atoms with Crippen LogP contribution < -0.4 is 0 Å². The van der Waals surface area contributed by atoms with Crippen LogP contribution in [0, 0.1) is 0 Å². The van der Waals surface area contributed by atoms with Crippen LogP contribution in [-0.2, 0) is 0 Å². The SMILES string of the molecule is O=C(O)c1ccccn1.O=C(O)c1ccccn1.O=C(O)c1ccccn1. The van der Waals surface area contributed by atoms with Crippen molar-refractivity contribution in [3.63, 3.8) is 0 Å². The monoisotopic (exact) mass is 369 g/mol. The van der Waals surface area contributed by atoms with E-state index in [0.29, 0.717) is 0 Å². The molecular weight excluding hydrogens is 354 g/mol. The van der Waals surface area contributed by atoms with Gasteiger partial charge in [-0.3, -0.25) is 0 Å². The Labute approximate surface area is 153 Å². The third-order valence-corrected chi connectivity index (χ3v) is 2.65. The number of rotatable bonds is 3. The lowest BCUT2D eigenvalue weighted by Gasteiger charge is -1.87. The molecule has 0 unspecified atom stereocenters. The van der Waals surface area contributed by atoms with Crippen molar-refractivity contribution < 1.29 is 29.7 Å². The molecule has 0 aliphatic heterocycles. The zero-order chi connectivity index (χ0) is 20.1. The maximum absolute atomic E-state index is 10.1. The molecule has 9 nitrogen and oxygen atoms in total. The number of carbonyl (C=O) groups is 3. The van der Waals surface area contributed by atoms with Crippen molar-refractivity contribution in [1.82, 2.24) is 15.0 Å². The molecule has 3 heterocycles. The molecule has 138 valence electrons. The van der Waals surface area contributed by atoms with Crippen LogP contribution in [0.3, 0.4) is 0 Å². The average molecular weight is 369 g/mol. The summed E-state index contributed by atoms with van der Waals surface area (Å²) in [6.45, 7) is 0. The number of pyridine rings is 3. The van der Waals surface area contributed by atoms with Crippen LogP contribution in [0.5, 0.6) is 0 Å². The van der Waals surface area contributed by atoms with Gasteiger partial charge in [-0.25, -0.2) is 29.3 Å². The molecule has 9 heteroatoms. The average Bonchev–Trinajstić information content (AvgIpc) is 2.71. The van der Waals surface area contributed by atoms with Gasteiger partial charge in [-0.2, -0.15) is 0 Å². The van der Waals surface area contributed by atoms with Crippen molar-refractivity contribution in [3.8, 4) is 0 Å². The van der Waals surface area contributed by atoms with Gasteiger partial charge in [0.25, 0.3) is 0 Å². The molecule has 3 aromatic heterocycles. The highest BCUT2D eigenvalue weighted by Gasteiger charge is 2.00. The summed E-state index contributed by atoms with van der Waals surface area (Å²) >= 11 is 0. The zero-order valence-electron chi connectivity index (χ0n) is 13.8. The Hall–Kier alpha value is -4.14. The number of carboxylic acid groups (broad SMARTS) is 3. The first kappa shape index (κ1) is 20.9. The van der Waals surface area contributed by atoms with E-state index in [1.54, 1.807) is 36.4 Å². The van der Waals surface area contributed by atoms with E-state index >= 15 is 0 Å². The molecule has 0 fully saturated rings. The second-order valence-electron chi connectivity index (χ2n) is 4.56. The minimum atomic E-state index is -0.990. The molecule has 3 rings (SSSR count). The van der Waals surface area contributed by atoms with Gasteiger partial charge in [0, 0.05) is 18.6 Å². The first-order valence-electron chi connectivity index (χ1n) is 7.34. The quantitative estimate of drug-likeness (QED) is 0.631. The third kappa shape index (κ3) is 8.49. The molecule has 0 bridgehead atoms. The van der Waals surface area contributed by atoms with E-state index in [0.717, 1.165) is 0 Å². The maximum atomic E-state index is 10.1. The van der Waals surface area contributed by atoms with Gasteiger partial charge in [-0.1, -0.05) is 18.2 Å². The van der Waals surface area contributed by atoms with Crippen LogP contribution in [0.2, 0.25) is 0 Å². The van der Waals surface area contributed by atoms with Crippen LogP contribution in [0.4, 0.5) is 0 Å². The predicted octanol–water partition coefficient (Wildman–Crippen LogP) is 2.34. The van der Waals surface area contributed by atoms with E-state index in [-0.39, 0.29) is 17.1 Å². The summed E-state index contributed by atoms with van der Waals surface area (Å²) in [4.78, 5) is 41.2. The van der Waals surface area contributed by atoms with Crippen molar-refractivity contribution in [3.05, 3.63) is 90.3 Å². The number of carboxylic acids is 3. The Morgan fingerprint density at radius 1 is 0.519 bits per heavy atom. The summed E-state index contributed by atoms with van der Waals surface area (Å²) < 4.78 is 0. The van der Waals surface area contributed by atoms with E-state index < -0.39 is 17.9 Å². The van der Waals surface area contributed by atoms with Crippen molar-refractivity contribution in [1.29, 1.82) is 0 Å². The van der Waals surface area contributed by atoms with Crippen LogP contribution in [0.15, 0.2) is 73.2 Å². The van der Waals surface area contributed by atoms with Crippen LogP contribution in [-0.4, -0.2) is 48.2 Å². The Bertz CT molecular complexity index is 740. The lowest BCUT2D eigenvalue weighted by atomic mass is 10.4. The zero-order valence-corrected chi connectivity index (χ0v) is 13.8. The second kappa shape index (κ2) is 11.4. The minimum Gasteiger partial charge on any atom is -0.477 e. The summed E-state index contributed by atoms with van der Waals surface area (Å²) in [7, 11) is 0. The predicted molar refractivity (Wildman–Crippen MR) is 93.6 cm³/mol. The van der Waals surface area contributed by atoms with Crippen molar-refractivity contribution >= 4 is 17.9 Å². The highest BCUT2D eigenvalue weighted by molar-refractivity contribution is 5.85. The fourth-order valence-electron chi connectivity index (χ4n) is 1.47. The smallest absolute Gasteiger partial charge is 0.354 e. The molecule has 0 amide bonds. The van der Waals surface area contributed by atoms with Gasteiger partial charge in [0.1, 0.15) is 17.1 Å². The lowest BCUT2D eigenvalue weighted by Crippen LogP contribution is -1.97. The van der Waals surface area contributed by atoms with E-state index in [4.69, 9.17) is 15.3 Å². The standard InChI is InChI=1S/3C6H5NO2/c3*8-6(9)5-3-1-2-4-7-5/h3*1-4H,(H,8,9). The Balaban J connectivity index is 0.000000202. The lowest BCUT2D eigenvalue weighted by molar-refractivity contribution is 0.0680. The molecular formula is C18H15N3O6. The highest BCUT2D eigenvalue weighted by Crippen LogP contribution is 1.92. The van der Waals surface area contributed by atoms with Crippen molar-refractivity contribution in [2.24, 2.45) is 0 Å². The molecule has 0 atom stereocenters. The fourth-order valence-corrected chi connectivity index (χ4v) is 1.47. The van der Waals surface area contributed by atoms with Crippen LogP contribution in [0.1, 0.15) is 31.5 Å². The van der Waals surface area contributed by atoms with E-state index in [2.05, 4.69) is 15.0 Å². The third-order valence-electron chi connectivity index (χ3n) is 2.65. The summed E-state index contributed by atoms with van der Waals surface area (Å²) in [5.74, 6) is -2.97. The Kier molecular flexibility index (Phi) is 8.84. The largest absolute Gasteiger partial charge is 0.477 e. The number of aromatic nitrogens is 3. The van der Waals surface area contributed by atoms with E-state index in [9.17, 15) is 14.4 Å². The van der Waals surface area contributed by atoms with Gasteiger partial charge in [0.05, 0.1) is 0 Å². The Morgan fingerprint density at radius 2 is 0.778 bits per heavy atom. The molecule has 3 aromatic rings. The first-order valence-corrected chi connectivity index (χ1v) is 7.34. The first-order chi connectivity index (χ1) is 12.9.